The van der Waals surface area contributed by atoms with Crippen LogP contribution in [-0.2, 0) is 17.8 Å². The number of anilines is 1. The maximum atomic E-state index is 13.0. The molecule has 0 saturated heterocycles. The van der Waals surface area contributed by atoms with Crippen molar-refractivity contribution in [2.24, 2.45) is 0 Å². The molecule has 30 heavy (non-hydrogen) atoms. The average molecular weight is 422 g/mol. The predicted molar refractivity (Wildman–Crippen MR) is 114 cm³/mol. The van der Waals surface area contributed by atoms with E-state index < -0.39 is 0 Å². The number of rotatable bonds is 7. The largest absolute Gasteiger partial charge is 0.467 e. The van der Waals surface area contributed by atoms with E-state index in [-0.39, 0.29) is 12.3 Å². The third kappa shape index (κ3) is 4.78. The van der Waals surface area contributed by atoms with Gasteiger partial charge in [0.05, 0.1) is 12.8 Å². The summed E-state index contributed by atoms with van der Waals surface area (Å²) in [5.74, 6) is 1.54. The summed E-state index contributed by atoms with van der Waals surface area (Å²) in [6.45, 7) is 2.37. The van der Waals surface area contributed by atoms with Gasteiger partial charge in [-0.3, -0.25) is 4.79 Å². The zero-order valence-corrected chi connectivity index (χ0v) is 17.2. The summed E-state index contributed by atoms with van der Waals surface area (Å²) in [7, 11) is 0. The number of benzene rings is 2. The van der Waals surface area contributed by atoms with Crippen LogP contribution in [-0.4, -0.2) is 16.0 Å². The molecule has 1 amide bonds. The number of aryl methyl sites for hydroxylation is 2. The second-order valence-electron chi connectivity index (χ2n) is 6.91. The van der Waals surface area contributed by atoms with Gasteiger partial charge in [0, 0.05) is 29.1 Å². The van der Waals surface area contributed by atoms with Crippen LogP contribution in [0.1, 0.15) is 23.6 Å². The van der Waals surface area contributed by atoms with Crippen LogP contribution in [0.2, 0.25) is 5.02 Å². The van der Waals surface area contributed by atoms with Crippen LogP contribution in [0, 0.1) is 6.92 Å². The molecule has 0 aliphatic rings. The molecule has 4 rings (SSSR count). The molecule has 2 aromatic carbocycles. The summed E-state index contributed by atoms with van der Waals surface area (Å²) >= 11 is 5.92. The van der Waals surface area contributed by atoms with Crippen molar-refractivity contribution in [3.05, 3.63) is 89.2 Å². The van der Waals surface area contributed by atoms with Crippen molar-refractivity contribution in [1.29, 1.82) is 0 Å². The molecule has 0 atom stereocenters. The van der Waals surface area contributed by atoms with E-state index >= 15 is 0 Å². The number of hydrogen-bond donors (Lipinski definition) is 0. The quantitative estimate of drug-likeness (QED) is 0.396. The minimum absolute atomic E-state index is 0.0542. The minimum atomic E-state index is -0.0542. The van der Waals surface area contributed by atoms with Gasteiger partial charge in [0.1, 0.15) is 5.76 Å². The fourth-order valence-electron chi connectivity index (χ4n) is 3.03. The normalized spacial score (nSPS) is 10.9. The molecule has 152 valence electrons. The molecule has 0 aliphatic heterocycles. The van der Waals surface area contributed by atoms with E-state index in [0.29, 0.717) is 35.5 Å². The van der Waals surface area contributed by atoms with Gasteiger partial charge in [-0.1, -0.05) is 34.5 Å². The number of carbonyl (C=O) groups excluding carboxylic acids is 1. The first kappa shape index (κ1) is 19.9. The summed E-state index contributed by atoms with van der Waals surface area (Å²) in [6.07, 6.45) is 2.18. The monoisotopic (exact) mass is 421 g/mol. The Morgan fingerprint density at radius 2 is 1.83 bits per heavy atom. The molecule has 2 heterocycles. The highest BCUT2D eigenvalue weighted by atomic mass is 35.5. The molecule has 0 radical (unpaired) electrons. The molecule has 4 aromatic rings. The molecule has 0 saturated carbocycles. The van der Waals surface area contributed by atoms with E-state index in [1.807, 2.05) is 55.5 Å². The molecular weight excluding hydrogens is 402 g/mol. The zero-order chi connectivity index (χ0) is 20.9. The number of nitrogens with zero attached hydrogens (tertiary/aromatic N) is 3. The van der Waals surface area contributed by atoms with Crippen LogP contribution < -0.4 is 4.90 Å². The van der Waals surface area contributed by atoms with E-state index in [2.05, 4.69) is 10.1 Å². The molecule has 6 nitrogen and oxygen atoms in total. The van der Waals surface area contributed by atoms with Crippen LogP contribution in [0.5, 0.6) is 0 Å². The Bertz CT molecular complexity index is 1100. The first-order chi connectivity index (χ1) is 14.6. The Kier molecular flexibility index (Phi) is 5.95. The zero-order valence-electron chi connectivity index (χ0n) is 16.4. The van der Waals surface area contributed by atoms with Gasteiger partial charge >= 0.3 is 0 Å². The molecule has 7 heteroatoms. The van der Waals surface area contributed by atoms with E-state index in [4.69, 9.17) is 20.5 Å². The maximum absolute atomic E-state index is 13.0. The molecule has 0 unspecified atom stereocenters. The maximum Gasteiger partial charge on any atom is 0.227 e. The highest BCUT2D eigenvalue weighted by Crippen LogP contribution is 2.22. The summed E-state index contributed by atoms with van der Waals surface area (Å²) in [5.41, 5.74) is 2.75. The Hall–Kier alpha value is -3.38. The van der Waals surface area contributed by atoms with Crippen molar-refractivity contribution in [1.82, 2.24) is 10.1 Å². The van der Waals surface area contributed by atoms with Crippen molar-refractivity contribution >= 4 is 23.2 Å². The predicted octanol–water partition coefficient (Wildman–Crippen LogP) is 5.46. The van der Waals surface area contributed by atoms with Crippen LogP contribution in [0.4, 0.5) is 5.69 Å². The van der Waals surface area contributed by atoms with Crippen molar-refractivity contribution in [3.8, 4) is 11.4 Å². The fraction of sp³-hybridized carbons (Fsp3) is 0.174. The van der Waals surface area contributed by atoms with E-state index in [0.717, 1.165) is 16.8 Å². The van der Waals surface area contributed by atoms with Crippen molar-refractivity contribution in [2.75, 3.05) is 4.90 Å². The van der Waals surface area contributed by atoms with Crippen LogP contribution in [0.25, 0.3) is 11.4 Å². The summed E-state index contributed by atoms with van der Waals surface area (Å²) in [6, 6.07) is 18.7. The molecule has 0 fully saturated rings. The molecule has 0 bridgehead atoms. The SMILES string of the molecule is Cc1ccc(N(Cc2ccco2)C(=O)CCc2nc(-c3ccc(Cl)cc3)no2)cc1. The molecule has 2 aromatic heterocycles. The second kappa shape index (κ2) is 8.97. The van der Waals surface area contributed by atoms with E-state index in [1.54, 1.807) is 23.3 Å². The number of furan rings is 1. The van der Waals surface area contributed by atoms with E-state index in [9.17, 15) is 4.79 Å². The lowest BCUT2D eigenvalue weighted by atomic mass is 10.2. The number of halogens is 1. The topological polar surface area (TPSA) is 72.4 Å². The summed E-state index contributed by atoms with van der Waals surface area (Å²) in [5, 5.41) is 4.64. The van der Waals surface area contributed by atoms with Gasteiger partial charge in [-0.2, -0.15) is 4.98 Å². The standard InChI is InChI=1S/C23H20ClN3O3/c1-16-4-10-19(11-5-16)27(15-20-3-2-14-29-20)22(28)13-12-21-25-23(26-30-21)17-6-8-18(24)9-7-17/h2-11,14H,12-13,15H2,1H3. The summed E-state index contributed by atoms with van der Waals surface area (Å²) in [4.78, 5) is 19.1. The third-order valence-corrected chi connectivity index (χ3v) is 4.92. The number of carbonyl (C=O) groups is 1. The lowest BCUT2D eigenvalue weighted by molar-refractivity contribution is -0.118. The smallest absolute Gasteiger partial charge is 0.227 e. The van der Waals surface area contributed by atoms with Gasteiger partial charge in [-0.25, -0.2) is 0 Å². The number of aromatic nitrogens is 2. The molecule has 0 spiro atoms. The Labute approximate surface area is 179 Å². The van der Waals surface area contributed by atoms with Gasteiger partial charge in [-0.05, 0) is 55.5 Å². The van der Waals surface area contributed by atoms with Crippen LogP contribution in [0.3, 0.4) is 0 Å². The van der Waals surface area contributed by atoms with Gasteiger partial charge < -0.3 is 13.8 Å². The van der Waals surface area contributed by atoms with Crippen molar-refractivity contribution < 1.29 is 13.7 Å². The Morgan fingerprint density at radius 3 is 2.53 bits per heavy atom. The first-order valence-electron chi connectivity index (χ1n) is 9.56. The lowest BCUT2D eigenvalue weighted by Gasteiger charge is -2.22. The molecule has 0 aliphatic carbocycles. The Morgan fingerprint density at radius 1 is 1.07 bits per heavy atom. The molecule has 0 N–H and O–H groups in total. The summed E-state index contributed by atoms with van der Waals surface area (Å²) < 4.78 is 10.8. The fourth-order valence-corrected chi connectivity index (χ4v) is 3.15. The lowest BCUT2D eigenvalue weighted by Crippen LogP contribution is -2.30. The van der Waals surface area contributed by atoms with Crippen molar-refractivity contribution in [3.63, 3.8) is 0 Å². The van der Waals surface area contributed by atoms with Gasteiger partial charge in [0.15, 0.2) is 0 Å². The van der Waals surface area contributed by atoms with Gasteiger partial charge in [-0.15, -0.1) is 0 Å². The minimum Gasteiger partial charge on any atom is -0.467 e. The average Bonchev–Trinajstić information content (AvgIpc) is 3.44. The van der Waals surface area contributed by atoms with Gasteiger partial charge in [0.2, 0.25) is 17.6 Å². The number of amides is 1. The van der Waals surface area contributed by atoms with Crippen molar-refractivity contribution in [2.45, 2.75) is 26.3 Å². The van der Waals surface area contributed by atoms with Crippen LogP contribution >= 0.6 is 11.6 Å². The van der Waals surface area contributed by atoms with Crippen LogP contribution in [0.15, 0.2) is 75.9 Å². The second-order valence-corrected chi connectivity index (χ2v) is 7.35. The van der Waals surface area contributed by atoms with Gasteiger partial charge in [0.25, 0.3) is 0 Å². The van der Waals surface area contributed by atoms with E-state index in [1.165, 1.54) is 0 Å². The third-order valence-electron chi connectivity index (χ3n) is 4.66. The molecular formula is C23H20ClN3O3. The first-order valence-corrected chi connectivity index (χ1v) is 9.94. The Balaban J connectivity index is 1.46. The highest BCUT2D eigenvalue weighted by molar-refractivity contribution is 6.30. The highest BCUT2D eigenvalue weighted by Gasteiger charge is 2.19. The number of hydrogen-bond acceptors (Lipinski definition) is 5.